The molecule has 1 saturated carbocycles. The third kappa shape index (κ3) is 5.74. The molecule has 1 amide bonds. The van der Waals surface area contributed by atoms with Gasteiger partial charge in [0, 0.05) is 16.5 Å². The number of amides is 1. The standard InChI is InChI=1S/C15H30N2OS/c1-11(2)17-15(4,14(16)18)10-12(3)19-13-8-6-5-7-9-13/h11-13,17H,5-10H2,1-4H3,(H2,16,18). The SMILES string of the molecule is CC(C)NC(C)(CC(C)SC1CCCCC1)C(N)=O. The Bertz CT molecular complexity index is 290. The number of nitrogens with two attached hydrogens (primary N) is 1. The number of rotatable bonds is 7. The van der Waals surface area contributed by atoms with Crippen LogP contribution in [0.4, 0.5) is 0 Å². The highest BCUT2D eigenvalue weighted by Crippen LogP contribution is 2.33. The Morgan fingerprint density at radius 2 is 1.89 bits per heavy atom. The number of carbonyl (C=O) groups excluding carboxylic acids is 1. The molecule has 112 valence electrons. The second-order valence-corrected chi connectivity index (χ2v) is 8.15. The molecule has 0 bridgehead atoms. The van der Waals surface area contributed by atoms with Crippen LogP contribution in [0.3, 0.4) is 0 Å². The Morgan fingerprint density at radius 1 is 1.32 bits per heavy atom. The van der Waals surface area contributed by atoms with Crippen LogP contribution < -0.4 is 11.1 Å². The van der Waals surface area contributed by atoms with Crippen molar-refractivity contribution in [2.75, 3.05) is 0 Å². The molecule has 0 heterocycles. The van der Waals surface area contributed by atoms with Crippen LogP contribution in [0.5, 0.6) is 0 Å². The van der Waals surface area contributed by atoms with Crippen molar-refractivity contribution < 1.29 is 4.79 Å². The molecule has 0 aliphatic heterocycles. The highest BCUT2D eigenvalue weighted by Gasteiger charge is 2.34. The Labute approximate surface area is 122 Å². The Morgan fingerprint density at radius 3 is 2.37 bits per heavy atom. The van der Waals surface area contributed by atoms with Crippen LogP contribution in [-0.4, -0.2) is 28.0 Å². The number of primary amides is 1. The molecule has 19 heavy (non-hydrogen) atoms. The molecular weight excluding hydrogens is 256 g/mol. The van der Waals surface area contributed by atoms with Gasteiger partial charge in [0.05, 0.1) is 5.54 Å². The number of nitrogens with one attached hydrogen (secondary N) is 1. The van der Waals surface area contributed by atoms with Gasteiger partial charge in [0.25, 0.3) is 0 Å². The fourth-order valence-corrected chi connectivity index (χ4v) is 4.71. The van der Waals surface area contributed by atoms with Crippen LogP contribution >= 0.6 is 11.8 Å². The molecule has 0 saturated heterocycles. The summed E-state index contributed by atoms with van der Waals surface area (Å²) in [5.74, 6) is -0.239. The molecular formula is C15H30N2OS. The van der Waals surface area contributed by atoms with E-state index >= 15 is 0 Å². The van der Waals surface area contributed by atoms with Crippen LogP contribution in [0.25, 0.3) is 0 Å². The van der Waals surface area contributed by atoms with Crippen LogP contribution in [0.2, 0.25) is 0 Å². The zero-order valence-corrected chi connectivity index (χ0v) is 13.7. The summed E-state index contributed by atoms with van der Waals surface area (Å²) in [6.07, 6.45) is 7.59. The normalized spacial score (nSPS) is 22.2. The summed E-state index contributed by atoms with van der Waals surface area (Å²) >= 11 is 2.04. The Hall–Kier alpha value is -0.220. The molecule has 2 atom stereocenters. The maximum atomic E-state index is 11.7. The zero-order chi connectivity index (χ0) is 14.5. The van der Waals surface area contributed by atoms with Gasteiger partial charge in [0.15, 0.2) is 0 Å². The van der Waals surface area contributed by atoms with Gasteiger partial charge >= 0.3 is 0 Å². The highest BCUT2D eigenvalue weighted by molar-refractivity contribution is 8.00. The molecule has 0 aromatic heterocycles. The van der Waals surface area contributed by atoms with Crippen molar-refractivity contribution in [2.45, 2.75) is 88.3 Å². The van der Waals surface area contributed by atoms with Gasteiger partial charge in [-0.1, -0.05) is 26.2 Å². The highest BCUT2D eigenvalue weighted by atomic mass is 32.2. The second-order valence-electron chi connectivity index (χ2n) is 6.41. The lowest BCUT2D eigenvalue weighted by Crippen LogP contribution is -2.56. The van der Waals surface area contributed by atoms with Crippen molar-refractivity contribution >= 4 is 17.7 Å². The number of carbonyl (C=O) groups is 1. The predicted molar refractivity (Wildman–Crippen MR) is 84.4 cm³/mol. The van der Waals surface area contributed by atoms with Gasteiger partial charge in [-0.25, -0.2) is 0 Å². The van der Waals surface area contributed by atoms with E-state index in [4.69, 9.17) is 5.73 Å². The average molecular weight is 286 g/mol. The first-order valence-electron chi connectivity index (χ1n) is 7.56. The topological polar surface area (TPSA) is 55.1 Å². The zero-order valence-electron chi connectivity index (χ0n) is 12.9. The van der Waals surface area contributed by atoms with E-state index in [0.717, 1.165) is 11.7 Å². The smallest absolute Gasteiger partial charge is 0.237 e. The van der Waals surface area contributed by atoms with Gasteiger partial charge in [-0.15, -0.1) is 0 Å². The van der Waals surface area contributed by atoms with Crippen molar-refractivity contribution in [1.29, 1.82) is 0 Å². The van der Waals surface area contributed by atoms with Gasteiger partial charge in [-0.3, -0.25) is 4.79 Å². The fourth-order valence-electron chi connectivity index (χ4n) is 3.02. The molecule has 3 nitrogen and oxygen atoms in total. The summed E-state index contributed by atoms with van der Waals surface area (Å²) in [5.41, 5.74) is 5.00. The third-order valence-corrected chi connectivity index (χ3v) is 5.31. The molecule has 0 radical (unpaired) electrons. The van der Waals surface area contributed by atoms with E-state index in [-0.39, 0.29) is 11.9 Å². The van der Waals surface area contributed by atoms with Gasteiger partial charge in [-0.2, -0.15) is 11.8 Å². The summed E-state index contributed by atoms with van der Waals surface area (Å²) in [6, 6.07) is 0.268. The van der Waals surface area contributed by atoms with Gasteiger partial charge in [0.1, 0.15) is 0 Å². The molecule has 1 aliphatic carbocycles. The molecule has 1 fully saturated rings. The molecule has 0 aromatic rings. The van der Waals surface area contributed by atoms with Crippen LogP contribution in [-0.2, 0) is 4.79 Å². The maximum absolute atomic E-state index is 11.7. The van der Waals surface area contributed by atoms with Gasteiger partial charge in [0.2, 0.25) is 5.91 Å². The number of hydrogen-bond acceptors (Lipinski definition) is 3. The summed E-state index contributed by atoms with van der Waals surface area (Å²) in [6.45, 7) is 8.27. The number of thioether (sulfide) groups is 1. The Balaban J connectivity index is 2.50. The van der Waals surface area contributed by atoms with Crippen molar-refractivity contribution in [3.63, 3.8) is 0 Å². The van der Waals surface area contributed by atoms with Crippen LogP contribution in [0, 0.1) is 0 Å². The summed E-state index contributed by atoms with van der Waals surface area (Å²) in [4.78, 5) is 11.7. The van der Waals surface area contributed by atoms with E-state index in [0.29, 0.717) is 5.25 Å². The van der Waals surface area contributed by atoms with Gasteiger partial charge in [-0.05, 0) is 40.0 Å². The van der Waals surface area contributed by atoms with Crippen molar-refractivity contribution in [3.05, 3.63) is 0 Å². The molecule has 1 aliphatic rings. The minimum Gasteiger partial charge on any atom is -0.368 e. The first-order valence-corrected chi connectivity index (χ1v) is 8.51. The molecule has 0 aromatic carbocycles. The van der Waals surface area contributed by atoms with E-state index in [9.17, 15) is 4.79 Å². The van der Waals surface area contributed by atoms with E-state index in [2.05, 4.69) is 26.1 Å². The molecule has 2 unspecified atom stereocenters. The summed E-state index contributed by atoms with van der Waals surface area (Å²) in [7, 11) is 0. The van der Waals surface area contributed by atoms with Gasteiger partial charge < -0.3 is 11.1 Å². The van der Waals surface area contributed by atoms with Crippen molar-refractivity contribution in [1.82, 2.24) is 5.32 Å². The van der Waals surface area contributed by atoms with E-state index in [1.165, 1.54) is 32.1 Å². The lowest BCUT2D eigenvalue weighted by atomic mass is 9.94. The lowest BCUT2D eigenvalue weighted by Gasteiger charge is -2.33. The van der Waals surface area contributed by atoms with Crippen molar-refractivity contribution in [2.24, 2.45) is 5.73 Å². The lowest BCUT2D eigenvalue weighted by molar-refractivity contribution is -0.124. The van der Waals surface area contributed by atoms with Crippen LogP contribution in [0.1, 0.15) is 66.2 Å². The Kier molecular flexibility index (Phi) is 6.67. The fraction of sp³-hybridized carbons (Fsp3) is 0.933. The molecule has 3 N–H and O–H groups in total. The quantitative estimate of drug-likeness (QED) is 0.756. The largest absolute Gasteiger partial charge is 0.368 e. The maximum Gasteiger partial charge on any atom is 0.237 e. The first kappa shape index (κ1) is 16.8. The van der Waals surface area contributed by atoms with E-state index in [1.54, 1.807) is 0 Å². The minimum absolute atomic E-state index is 0.239. The molecule has 1 rings (SSSR count). The second kappa shape index (κ2) is 7.53. The van der Waals surface area contributed by atoms with E-state index < -0.39 is 5.54 Å². The summed E-state index contributed by atoms with van der Waals surface area (Å²) in [5, 5.41) is 4.58. The predicted octanol–water partition coefficient (Wildman–Crippen LogP) is 3.07. The minimum atomic E-state index is -0.588. The third-order valence-electron chi connectivity index (χ3n) is 3.82. The van der Waals surface area contributed by atoms with Crippen LogP contribution in [0.15, 0.2) is 0 Å². The average Bonchev–Trinajstić information content (AvgIpc) is 2.28. The summed E-state index contributed by atoms with van der Waals surface area (Å²) < 4.78 is 0. The first-order chi connectivity index (χ1) is 8.83. The van der Waals surface area contributed by atoms with E-state index in [1.807, 2.05) is 18.7 Å². The van der Waals surface area contributed by atoms with Crippen molar-refractivity contribution in [3.8, 4) is 0 Å². The monoisotopic (exact) mass is 286 g/mol. The number of hydrogen-bond donors (Lipinski definition) is 2. The molecule has 0 spiro atoms. The molecule has 4 heteroatoms.